The molecule has 31 heavy (non-hydrogen) atoms. The van der Waals surface area contributed by atoms with E-state index < -0.39 is 0 Å². The van der Waals surface area contributed by atoms with Gasteiger partial charge in [-0.3, -0.25) is 14.4 Å². The van der Waals surface area contributed by atoms with Gasteiger partial charge < -0.3 is 25.6 Å². The van der Waals surface area contributed by atoms with Crippen molar-refractivity contribution in [3.05, 3.63) is 59.7 Å². The second kappa shape index (κ2) is 12.3. The molecule has 8 nitrogen and oxygen atoms in total. The number of anilines is 2. The first kappa shape index (κ1) is 23.9. The molecule has 0 radical (unpaired) electrons. The SMILES string of the molecule is CCN(CC)C(=O)c1ccc(NCC(=O)Nc2ccc(C(=O)NCCOC)cc2)cc1. The van der Waals surface area contributed by atoms with Gasteiger partial charge in [-0.05, 0) is 62.4 Å². The van der Waals surface area contributed by atoms with Gasteiger partial charge in [-0.1, -0.05) is 0 Å². The number of methoxy groups -OCH3 is 1. The van der Waals surface area contributed by atoms with Crippen LogP contribution in [0.1, 0.15) is 34.6 Å². The standard InChI is InChI=1S/C23H30N4O4/c1-4-27(5-2)23(30)18-8-10-19(11-9-18)25-16-21(28)26-20-12-6-17(7-13-20)22(29)24-14-15-31-3/h6-13,25H,4-5,14-16H2,1-3H3,(H,24,29)(H,26,28). The average molecular weight is 427 g/mol. The number of hydrogen-bond donors (Lipinski definition) is 3. The number of benzene rings is 2. The number of ether oxygens (including phenoxy) is 1. The van der Waals surface area contributed by atoms with E-state index in [-0.39, 0.29) is 24.3 Å². The normalized spacial score (nSPS) is 10.3. The Morgan fingerprint density at radius 1 is 0.871 bits per heavy atom. The summed E-state index contributed by atoms with van der Waals surface area (Å²) in [5, 5.41) is 8.55. The summed E-state index contributed by atoms with van der Waals surface area (Å²) in [5.41, 5.74) is 2.46. The van der Waals surface area contributed by atoms with Crippen LogP contribution in [0.2, 0.25) is 0 Å². The second-order valence-corrected chi connectivity index (χ2v) is 6.78. The molecular weight excluding hydrogens is 396 g/mol. The van der Waals surface area contributed by atoms with Crippen molar-refractivity contribution in [1.29, 1.82) is 0 Å². The summed E-state index contributed by atoms with van der Waals surface area (Å²) in [4.78, 5) is 38.2. The molecule has 0 heterocycles. The monoisotopic (exact) mass is 426 g/mol. The molecule has 0 atom stereocenters. The number of nitrogens with one attached hydrogen (secondary N) is 3. The van der Waals surface area contributed by atoms with Crippen LogP contribution in [0.5, 0.6) is 0 Å². The third kappa shape index (κ3) is 7.42. The number of carbonyl (C=O) groups excluding carboxylic acids is 3. The van der Waals surface area contributed by atoms with Gasteiger partial charge in [0.15, 0.2) is 0 Å². The fourth-order valence-corrected chi connectivity index (χ4v) is 2.89. The Morgan fingerprint density at radius 3 is 2.03 bits per heavy atom. The van der Waals surface area contributed by atoms with Crippen molar-refractivity contribution < 1.29 is 19.1 Å². The summed E-state index contributed by atoms with van der Waals surface area (Å²) < 4.78 is 4.90. The van der Waals surface area contributed by atoms with E-state index in [1.165, 1.54) is 0 Å². The van der Waals surface area contributed by atoms with E-state index in [0.717, 1.165) is 5.69 Å². The highest BCUT2D eigenvalue weighted by Gasteiger charge is 2.12. The van der Waals surface area contributed by atoms with E-state index in [0.29, 0.717) is 43.1 Å². The molecule has 0 spiro atoms. The van der Waals surface area contributed by atoms with Gasteiger partial charge in [0.25, 0.3) is 11.8 Å². The molecule has 166 valence electrons. The quantitative estimate of drug-likeness (QED) is 0.480. The molecule has 0 aliphatic rings. The molecule has 0 bridgehead atoms. The molecule has 2 rings (SSSR count). The number of rotatable bonds is 11. The lowest BCUT2D eigenvalue weighted by Crippen LogP contribution is -2.30. The van der Waals surface area contributed by atoms with Crippen molar-refractivity contribution in [2.24, 2.45) is 0 Å². The third-order valence-electron chi connectivity index (χ3n) is 4.66. The summed E-state index contributed by atoms with van der Waals surface area (Å²) in [6, 6.07) is 13.7. The zero-order valence-corrected chi connectivity index (χ0v) is 18.2. The van der Waals surface area contributed by atoms with E-state index in [1.54, 1.807) is 60.5 Å². The van der Waals surface area contributed by atoms with Crippen LogP contribution < -0.4 is 16.0 Å². The molecular formula is C23H30N4O4. The predicted molar refractivity (Wildman–Crippen MR) is 121 cm³/mol. The first-order valence-electron chi connectivity index (χ1n) is 10.3. The van der Waals surface area contributed by atoms with E-state index in [9.17, 15) is 14.4 Å². The van der Waals surface area contributed by atoms with Gasteiger partial charge in [0.05, 0.1) is 13.2 Å². The van der Waals surface area contributed by atoms with Crippen molar-refractivity contribution in [3.8, 4) is 0 Å². The molecule has 0 saturated carbocycles. The van der Waals surface area contributed by atoms with Gasteiger partial charge in [-0.2, -0.15) is 0 Å². The van der Waals surface area contributed by atoms with Crippen molar-refractivity contribution in [3.63, 3.8) is 0 Å². The van der Waals surface area contributed by atoms with Crippen LogP contribution >= 0.6 is 0 Å². The smallest absolute Gasteiger partial charge is 0.253 e. The summed E-state index contributed by atoms with van der Waals surface area (Å²) >= 11 is 0. The molecule has 3 N–H and O–H groups in total. The van der Waals surface area contributed by atoms with Gasteiger partial charge >= 0.3 is 0 Å². The molecule has 0 saturated heterocycles. The average Bonchev–Trinajstić information content (AvgIpc) is 2.79. The lowest BCUT2D eigenvalue weighted by Gasteiger charge is -2.18. The number of amides is 3. The molecule has 8 heteroatoms. The van der Waals surface area contributed by atoms with Gasteiger partial charge in [0.1, 0.15) is 0 Å². The van der Waals surface area contributed by atoms with Crippen LogP contribution in [0.15, 0.2) is 48.5 Å². The van der Waals surface area contributed by atoms with Crippen molar-refractivity contribution in [1.82, 2.24) is 10.2 Å². The summed E-state index contributed by atoms with van der Waals surface area (Å²) in [6.07, 6.45) is 0. The fourth-order valence-electron chi connectivity index (χ4n) is 2.89. The Kier molecular flexibility index (Phi) is 9.51. The van der Waals surface area contributed by atoms with Crippen LogP contribution in [0.4, 0.5) is 11.4 Å². The molecule has 2 aromatic rings. The van der Waals surface area contributed by atoms with E-state index in [2.05, 4.69) is 16.0 Å². The molecule has 2 aromatic carbocycles. The summed E-state index contributed by atoms with van der Waals surface area (Å²) in [5.74, 6) is -0.426. The van der Waals surface area contributed by atoms with Crippen molar-refractivity contribution in [2.45, 2.75) is 13.8 Å². The van der Waals surface area contributed by atoms with Crippen LogP contribution in [-0.4, -0.2) is 62.5 Å². The van der Waals surface area contributed by atoms with E-state index in [1.807, 2.05) is 13.8 Å². The third-order valence-corrected chi connectivity index (χ3v) is 4.66. The molecule has 0 aromatic heterocycles. The Morgan fingerprint density at radius 2 is 1.45 bits per heavy atom. The first-order valence-corrected chi connectivity index (χ1v) is 10.3. The Balaban J connectivity index is 1.82. The van der Waals surface area contributed by atoms with Crippen LogP contribution in [0, 0.1) is 0 Å². The Bertz CT molecular complexity index is 862. The van der Waals surface area contributed by atoms with Crippen LogP contribution in [0.25, 0.3) is 0 Å². The number of hydrogen-bond acceptors (Lipinski definition) is 5. The minimum absolute atomic E-state index is 0.00915. The van der Waals surface area contributed by atoms with E-state index >= 15 is 0 Å². The topological polar surface area (TPSA) is 99.8 Å². The van der Waals surface area contributed by atoms with Crippen molar-refractivity contribution in [2.75, 3.05) is 50.5 Å². The summed E-state index contributed by atoms with van der Waals surface area (Å²) in [6.45, 7) is 6.17. The highest BCUT2D eigenvalue weighted by atomic mass is 16.5. The molecule has 0 aliphatic heterocycles. The highest BCUT2D eigenvalue weighted by molar-refractivity contribution is 5.97. The van der Waals surface area contributed by atoms with Crippen molar-refractivity contribution >= 4 is 29.1 Å². The largest absolute Gasteiger partial charge is 0.383 e. The maximum Gasteiger partial charge on any atom is 0.253 e. The molecule has 3 amide bonds. The van der Waals surface area contributed by atoms with Gasteiger partial charge in [0.2, 0.25) is 5.91 Å². The van der Waals surface area contributed by atoms with Crippen LogP contribution in [-0.2, 0) is 9.53 Å². The first-order chi connectivity index (χ1) is 15.0. The maximum atomic E-state index is 12.3. The molecule has 0 aliphatic carbocycles. The fraction of sp³-hybridized carbons (Fsp3) is 0.348. The molecule has 0 fully saturated rings. The van der Waals surface area contributed by atoms with Gasteiger partial charge in [-0.25, -0.2) is 0 Å². The van der Waals surface area contributed by atoms with Crippen LogP contribution in [0.3, 0.4) is 0 Å². The lowest BCUT2D eigenvalue weighted by atomic mass is 10.1. The summed E-state index contributed by atoms with van der Waals surface area (Å²) in [7, 11) is 1.57. The highest BCUT2D eigenvalue weighted by Crippen LogP contribution is 2.13. The minimum Gasteiger partial charge on any atom is -0.383 e. The Labute approximate surface area is 183 Å². The number of carbonyl (C=O) groups is 3. The zero-order valence-electron chi connectivity index (χ0n) is 18.2. The second-order valence-electron chi connectivity index (χ2n) is 6.78. The van der Waals surface area contributed by atoms with Gasteiger partial charge in [0, 0.05) is 49.2 Å². The minimum atomic E-state index is -0.222. The van der Waals surface area contributed by atoms with E-state index in [4.69, 9.17) is 4.74 Å². The Hall–Kier alpha value is -3.39. The zero-order chi connectivity index (χ0) is 22.6. The molecule has 0 unspecified atom stereocenters. The van der Waals surface area contributed by atoms with Gasteiger partial charge in [-0.15, -0.1) is 0 Å². The lowest BCUT2D eigenvalue weighted by molar-refractivity contribution is -0.114. The maximum absolute atomic E-state index is 12.3. The predicted octanol–water partition coefficient (Wildman–Crippen LogP) is 2.60. The number of nitrogens with zero attached hydrogens (tertiary/aromatic N) is 1.